The average molecular weight is 316 g/mol. The summed E-state index contributed by atoms with van der Waals surface area (Å²) >= 11 is 12.2. The molecule has 0 amide bonds. The van der Waals surface area contributed by atoms with Crippen LogP contribution in [-0.2, 0) is 5.41 Å². The summed E-state index contributed by atoms with van der Waals surface area (Å²) < 4.78 is 0. The molecule has 112 valence electrons. The molecule has 1 aromatic rings. The third-order valence-corrected chi connectivity index (χ3v) is 5.35. The van der Waals surface area contributed by atoms with Crippen LogP contribution in [0.4, 0.5) is 0 Å². The van der Waals surface area contributed by atoms with E-state index in [-0.39, 0.29) is 17.9 Å². The molecule has 1 aromatic carbocycles. The monoisotopic (exact) mass is 315 g/mol. The lowest BCUT2D eigenvalue weighted by molar-refractivity contribution is 0.103. The van der Waals surface area contributed by atoms with Crippen molar-refractivity contribution in [3.63, 3.8) is 0 Å². The van der Waals surface area contributed by atoms with E-state index in [1.165, 1.54) is 18.4 Å². The van der Waals surface area contributed by atoms with Crippen molar-refractivity contribution in [3.8, 4) is 0 Å². The van der Waals surface area contributed by atoms with E-state index >= 15 is 0 Å². The van der Waals surface area contributed by atoms with Crippen molar-refractivity contribution < 1.29 is 5.11 Å². The van der Waals surface area contributed by atoms with Gasteiger partial charge in [-0.05, 0) is 43.0 Å². The van der Waals surface area contributed by atoms with Crippen molar-refractivity contribution in [2.45, 2.75) is 38.0 Å². The molecular formula is C16H23Cl2NO. The molecule has 0 bridgehead atoms. The van der Waals surface area contributed by atoms with Crippen LogP contribution in [0.2, 0.25) is 10.0 Å². The maximum absolute atomic E-state index is 9.82. The van der Waals surface area contributed by atoms with Gasteiger partial charge < -0.3 is 10.4 Å². The van der Waals surface area contributed by atoms with Gasteiger partial charge in [-0.25, -0.2) is 0 Å². The summed E-state index contributed by atoms with van der Waals surface area (Å²) in [6.45, 7) is 4.15. The number of hydrogen-bond donors (Lipinski definition) is 2. The van der Waals surface area contributed by atoms with Crippen molar-refractivity contribution in [1.82, 2.24) is 5.32 Å². The summed E-state index contributed by atoms with van der Waals surface area (Å²) in [5.41, 5.74) is 1.17. The molecule has 1 aliphatic carbocycles. The van der Waals surface area contributed by atoms with Crippen LogP contribution in [-0.4, -0.2) is 24.8 Å². The molecule has 2 unspecified atom stereocenters. The zero-order valence-corrected chi connectivity index (χ0v) is 13.5. The maximum atomic E-state index is 9.82. The van der Waals surface area contributed by atoms with Gasteiger partial charge in [0.1, 0.15) is 0 Å². The summed E-state index contributed by atoms with van der Waals surface area (Å²) in [5, 5.41) is 14.5. The van der Waals surface area contributed by atoms with Gasteiger partial charge in [-0.15, -0.1) is 0 Å². The highest BCUT2D eigenvalue weighted by Gasteiger charge is 2.41. The first-order valence-electron chi connectivity index (χ1n) is 7.41. The number of nitrogens with one attached hydrogen (secondary N) is 1. The minimum Gasteiger partial charge on any atom is -0.396 e. The van der Waals surface area contributed by atoms with Gasteiger partial charge in [-0.1, -0.05) is 49.0 Å². The number of hydrogen-bond acceptors (Lipinski definition) is 2. The van der Waals surface area contributed by atoms with E-state index in [1.807, 2.05) is 12.1 Å². The number of aliphatic hydroxyl groups excluding tert-OH is 1. The van der Waals surface area contributed by atoms with Crippen LogP contribution in [0.3, 0.4) is 0 Å². The third-order valence-electron chi connectivity index (χ3n) is 4.61. The Bertz CT molecular complexity index is 452. The molecule has 2 N–H and O–H groups in total. The molecule has 2 atom stereocenters. The van der Waals surface area contributed by atoms with Gasteiger partial charge in [-0.3, -0.25) is 0 Å². The molecule has 20 heavy (non-hydrogen) atoms. The zero-order chi connectivity index (χ0) is 14.6. The Balaban J connectivity index is 2.40. The highest BCUT2D eigenvalue weighted by Crippen LogP contribution is 2.44. The Hall–Kier alpha value is -0.280. The second-order valence-electron chi connectivity index (χ2n) is 5.69. The summed E-state index contributed by atoms with van der Waals surface area (Å²) in [4.78, 5) is 0. The quantitative estimate of drug-likeness (QED) is 0.860. The zero-order valence-electron chi connectivity index (χ0n) is 12.0. The number of benzene rings is 1. The highest BCUT2D eigenvalue weighted by molar-refractivity contribution is 6.42. The normalized spacial score (nSPS) is 26.7. The van der Waals surface area contributed by atoms with Crippen molar-refractivity contribution in [2.75, 3.05) is 19.7 Å². The van der Waals surface area contributed by atoms with E-state index in [9.17, 15) is 5.11 Å². The third kappa shape index (κ3) is 3.14. The van der Waals surface area contributed by atoms with Gasteiger partial charge in [0.15, 0.2) is 0 Å². The van der Waals surface area contributed by atoms with Gasteiger partial charge in [0.25, 0.3) is 0 Å². The van der Waals surface area contributed by atoms with Gasteiger partial charge in [0, 0.05) is 18.6 Å². The predicted molar refractivity (Wildman–Crippen MR) is 85.7 cm³/mol. The van der Waals surface area contributed by atoms with Crippen LogP contribution in [0.5, 0.6) is 0 Å². The second-order valence-corrected chi connectivity index (χ2v) is 6.51. The Morgan fingerprint density at radius 2 is 2.10 bits per heavy atom. The van der Waals surface area contributed by atoms with Crippen molar-refractivity contribution >= 4 is 23.2 Å². The molecule has 4 heteroatoms. The van der Waals surface area contributed by atoms with Gasteiger partial charge in [0.2, 0.25) is 0 Å². The molecule has 0 saturated heterocycles. The minimum atomic E-state index is -0.0305. The summed E-state index contributed by atoms with van der Waals surface area (Å²) in [6, 6.07) is 5.92. The molecule has 0 spiro atoms. The van der Waals surface area contributed by atoms with Crippen LogP contribution < -0.4 is 5.32 Å². The van der Waals surface area contributed by atoms with Crippen molar-refractivity contribution in [3.05, 3.63) is 33.8 Å². The minimum absolute atomic E-state index is 0.0305. The number of likely N-dealkylation sites (N-methyl/N-ethyl adjacent to an activating group) is 1. The van der Waals surface area contributed by atoms with E-state index in [1.54, 1.807) is 0 Å². The van der Waals surface area contributed by atoms with E-state index < -0.39 is 0 Å². The molecule has 2 nitrogen and oxygen atoms in total. The summed E-state index contributed by atoms with van der Waals surface area (Å²) in [6.07, 6.45) is 4.55. The Morgan fingerprint density at radius 3 is 2.75 bits per heavy atom. The molecule has 1 aliphatic rings. The molecule has 1 saturated carbocycles. The Kier molecular flexibility index (Phi) is 5.74. The summed E-state index contributed by atoms with van der Waals surface area (Å²) in [5.74, 6) is 0.285. The van der Waals surface area contributed by atoms with Crippen LogP contribution in [0.1, 0.15) is 38.2 Å². The number of aliphatic hydroxyl groups is 1. The Labute approximate surface area is 131 Å². The lowest BCUT2D eigenvalue weighted by Crippen LogP contribution is -2.47. The van der Waals surface area contributed by atoms with Crippen LogP contribution in [0, 0.1) is 5.92 Å². The van der Waals surface area contributed by atoms with E-state index in [2.05, 4.69) is 18.3 Å². The molecule has 1 fully saturated rings. The fraction of sp³-hybridized carbons (Fsp3) is 0.625. The fourth-order valence-electron chi connectivity index (χ4n) is 3.45. The van der Waals surface area contributed by atoms with E-state index in [4.69, 9.17) is 23.2 Å². The average Bonchev–Trinajstić information content (AvgIpc) is 2.48. The molecule has 0 heterocycles. The summed E-state index contributed by atoms with van der Waals surface area (Å²) in [7, 11) is 0. The molecule has 0 aliphatic heterocycles. The van der Waals surface area contributed by atoms with Crippen molar-refractivity contribution in [1.29, 1.82) is 0 Å². The smallest absolute Gasteiger partial charge is 0.0595 e. The molecule has 2 rings (SSSR count). The van der Waals surface area contributed by atoms with Crippen molar-refractivity contribution in [2.24, 2.45) is 5.92 Å². The van der Waals surface area contributed by atoms with E-state index in [0.717, 1.165) is 25.9 Å². The van der Waals surface area contributed by atoms with Gasteiger partial charge >= 0.3 is 0 Å². The van der Waals surface area contributed by atoms with Gasteiger partial charge in [0.05, 0.1) is 10.0 Å². The lowest BCUT2D eigenvalue weighted by Gasteiger charge is -2.44. The lowest BCUT2D eigenvalue weighted by atomic mass is 9.62. The Morgan fingerprint density at radius 1 is 1.30 bits per heavy atom. The van der Waals surface area contributed by atoms with Crippen LogP contribution >= 0.6 is 23.2 Å². The SMILES string of the molecule is CCNCC1(c2ccc(Cl)c(Cl)c2)CCCCC1CO. The predicted octanol–water partition coefficient (Wildman–Crippen LogP) is 4.02. The second kappa shape index (κ2) is 7.13. The van der Waals surface area contributed by atoms with Crippen LogP contribution in [0.25, 0.3) is 0 Å². The fourth-order valence-corrected chi connectivity index (χ4v) is 3.74. The number of halogens is 2. The van der Waals surface area contributed by atoms with Gasteiger partial charge in [-0.2, -0.15) is 0 Å². The standard InChI is InChI=1S/C16H23Cl2NO/c1-2-19-11-16(8-4-3-5-13(16)10-20)12-6-7-14(17)15(18)9-12/h6-7,9,13,19-20H,2-5,8,10-11H2,1H3. The van der Waals surface area contributed by atoms with Crippen LogP contribution in [0.15, 0.2) is 18.2 Å². The number of rotatable bonds is 5. The topological polar surface area (TPSA) is 32.3 Å². The molecule has 0 radical (unpaired) electrons. The highest BCUT2D eigenvalue weighted by atomic mass is 35.5. The first-order valence-corrected chi connectivity index (χ1v) is 8.16. The maximum Gasteiger partial charge on any atom is 0.0595 e. The first-order chi connectivity index (χ1) is 9.64. The first kappa shape index (κ1) is 16.1. The van der Waals surface area contributed by atoms with E-state index in [0.29, 0.717) is 10.0 Å². The largest absolute Gasteiger partial charge is 0.396 e. The molecule has 0 aromatic heterocycles. The molecular weight excluding hydrogens is 293 g/mol.